The fraction of sp³-hybridized carbons (Fsp3) is 0.316. The third-order valence-electron chi connectivity index (χ3n) is 4.41. The van der Waals surface area contributed by atoms with Gasteiger partial charge in [0.15, 0.2) is 0 Å². The summed E-state index contributed by atoms with van der Waals surface area (Å²) in [5, 5.41) is 10.4. The first-order valence-corrected chi connectivity index (χ1v) is 8.88. The number of anilines is 1. The maximum atomic E-state index is 12.8. The first-order chi connectivity index (χ1) is 14.0. The zero-order chi connectivity index (χ0) is 22.1. The Balaban J connectivity index is 1.67. The summed E-state index contributed by atoms with van der Waals surface area (Å²) in [6, 6.07) is 5.22. The average Bonchev–Trinajstić information content (AvgIpc) is 3.27. The van der Waals surface area contributed by atoms with Crippen molar-refractivity contribution in [3.63, 3.8) is 0 Å². The molecule has 1 atom stereocenters. The van der Waals surface area contributed by atoms with Gasteiger partial charge in [-0.05, 0) is 37.6 Å². The first-order valence-electron chi connectivity index (χ1n) is 8.88. The lowest BCUT2D eigenvalue weighted by Crippen LogP contribution is -2.25. The van der Waals surface area contributed by atoms with Gasteiger partial charge in [0.25, 0.3) is 6.43 Å². The van der Waals surface area contributed by atoms with Crippen LogP contribution >= 0.6 is 0 Å². The van der Waals surface area contributed by atoms with Crippen LogP contribution in [0.3, 0.4) is 0 Å². The van der Waals surface area contributed by atoms with Gasteiger partial charge in [0.2, 0.25) is 5.91 Å². The molecule has 3 aromatic rings. The molecule has 2 aromatic heterocycles. The second-order valence-corrected chi connectivity index (χ2v) is 6.75. The van der Waals surface area contributed by atoms with E-state index in [1.165, 1.54) is 40.8 Å². The molecule has 0 aliphatic rings. The largest absolute Gasteiger partial charge is 0.416 e. The number of halogens is 5. The van der Waals surface area contributed by atoms with Crippen LogP contribution < -0.4 is 5.32 Å². The molecule has 2 heterocycles. The van der Waals surface area contributed by atoms with Crippen LogP contribution in [0.15, 0.2) is 42.7 Å². The number of hydrogen-bond donors (Lipinski definition) is 1. The molecule has 30 heavy (non-hydrogen) atoms. The molecule has 0 aliphatic heterocycles. The number of rotatable bonds is 6. The maximum Gasteiger partial charge on any atom is 0.416 e. The molecule has 0 aliphatic carbocycles. The fourth-order valence-electron chi connectivity index (χ4n) is 2.92. The Labute approximate surface area is 168 Å². The van der Waals surface area contributed by atoms with Gasteiger partial charge < -0.3 is 5.32 Å². The smallest absolute Gasteiger partial charge is 0.322 e. The summed E-state index contributed by atoms with van der Waals surface area (Å²) in [4.78, 5) is 12.4. The van der Waals surface area contributed by atoms with Gasteiger partial charge in [-0.1, -0.05) is 12.1 Å². The van der Waals surface area contributed by atoms with Gasteiger partial charge in [-0.2, -0.15) is 23.4 Å². The highest BCUT2D eigenvalue weighted by atomic mass is 19.4. The molecule has 0 fully saturated rings. The SMILES string of the molecule is Cc1cc(C(F)F)nn1C(C)C(=O)Nc1cnn(Cc2cccc(C(F)(F)F)c2)c1. The second-order valence-electron chi connectivity index (χ2n) is 6.75. The lowest BCUT2D eigenvalue weighted by Gasteiger charge is -2.13. The minimum absolute atomic E-state index is 0.0748. The van der Waals surface area contributed by atoms with Gasteiger partial charge in [0, 0.05) is 11.9 Å². The summed E-state index contributed by atoms with van der Waals surface area (Å²) in [6.07, 6.45) is -4.37. The van der Waals surface area contributed by atoms with Gasteiger partial charge in [-0.15, -0.1) is 0 Å². The first kappa shape index (κ1) is 21.5. The topological polar surface area (TPSA) is 64.7 Å². The molecular weight excluding hydrogens is 409 g/mol. The van der Waals surface area contributed by atoms with Crippen molar-refractivity contribution in [2.45, 2.75) is 39.0 Å². The predicted molar refractivity (Wildman–Crippen MR) is 98.0 cm³/mol. The van der Waals surface area contributed by atoms with Gasteiger partial charge in [-0.25, -0.2) is 8.78 Å². The van der Waals surface area contributed by atoms with Gasteiger partial charge in [-0.3, -0.25) is 14.2 Å². The van der Waals surface area contributed by atoms with Crippen LogP contribution in [0.4, 0.5) is 27.6 Å². The Bertz CT molecular complexity index is 1040. The van der Waals surface area contributed by atoms with Crippen LogP contribution in [0, 0.1) is 6.92 Å². The average molecular weight is 427 g/mol. The Morgan fingerprint density at radius 1 is 1.23 bits per heavy atom. The molecule has 11 heteroatoms. The van der Waals surface area contributed by atoms with Crippen molar-refractivity contribution in [3.8, 4) is 0 Å². The number of carbonyl (C=O) groups is 1. The van der Waals surface area contributed by atoms with Crippen molar-refractivity contribution in [1.82, 2.24) is 19.6 Å². The van der Waals surface area contributed by atoms with Crippen molar-refractivity contribution in [2.75, 3.05) is 5.32 Å². The molecule has 1 aromatic carbocycles. The minimum Gasteiger partial charge on any atom is -0.322 e. The number of aromatic nitrogens is 4. The lowest BCUT2D eigenvalue weighted by atomic mass is 10.1. The molecule has 3 rings (SSSR count). The van der Waals surface area contributed by atoms with Gasteiger partial charge in [0.05, 0.1) is 24.0 Å². The van der Waals surface area contributed by atoms with Crippen LogP contribution in [0.25, 0.3) is 0 Å². The number of hydrogen-bond acceptors (Lipinski definition) is 3. The Hall–Kier alpha value is -3.24. The second kappa shape index (κ2) is 8.25. The number of nitrogens with one attached hydrogen (secondary N) is 1. The van der Waals surface area contributed by atoms with E-state index in [2.05, 4.69) is 15.5 Å². The number of carbonyl (C=O) groups excluding carboxylic acids is 1. The third-order valence-corrected chi connectivity index (χ3v) is 4.41. The van der Waals surface area contributed by atoms with Crippen LogP contribution in [-0.2, 0) is 17.5 Å². The Morgan fingerprint density at radius 3 is 2.60 bits per heavy atom. The van der Waals surface area contributed by atoms with E-state index < -0.39 is 35.8 Å². The number of nitrogens with zero attached hydrogens (tertiary/aromatic N) is 4. The van der Waals surface area contributed by atoms with E-state index in [-0.39, 0.29) is 6.54 Å². The highest BCUT2D eigenvalue weighted by Crippen LogP contribution is 2.29. The van der Waals surface area contributed by atoms with Crippen LogP contribution in [0.5, 0.6) is 0 Å². The molecule has 160 valence electrons. The zero-order valence-corrected chi connectivity index (χ0v) is 16.0. The normalized spacial score (nSPS) is 12.9. The predicted octanol–water partition coefficient (Wildman–Crippen LogP) is 4.59. The van der Waals surface area contributed by atoms with Crippen LogP contribution in [-0.4, -0.2) is 25.5 Å². The molecule has 0 radical (unpaired) electrons. The molecule has 1 amide bonds. The van der Waals surface area contributed by atoms with E-state index in [1.54, 1.807) is 13.0 Å². The van der Waals surface area contributed by atoms with Crippen molar-refractivity contribution < 1.29 is 26.7 Å². The molecular formula is C19H18F5N5O. The molecule has 1 N–H and O–H groups in total. The summed E-state index contributed by atoms with van der Waals surface area (Å²) in [6.45, 7) is 3.15. The Kier molecular flexibility index (Phi) is 5.90. The van der Waals surface area contributed by atoms with E-state index in [1.807, 2.05) is 0 Å². The van der Waals surface area contributed by atoms with E-state index in [4.69, 9.17) is 0 Å². The minimum atomic E-state index is -4.44. The Morgan fingerprint density at radius 2 is 1.97 bits per heavy atom. The maximum absolute atomic E-state index is 12.8. The summed E-state index contributed by atoms with van der Waals surface area (Å²) in [5.74, 6) is -0.499. The fourth-order valence-corrected chi connectivity index (χ4v) is 2.92. The van der Waals surface area contributed by atoms with E-state index >= 15 is 0 Å². The quantitative estimate of drug-likeness (QED) is 0.585. The molecule has 0 saturated heterocycles. The summed E-state index contributed by atoms with van der Waals surface area (Å²) >= 11 is 0. The molecule has 0 saturated carbocycles. The number of amides is 1. The third kappa shape index (κ3) is 4.84. The van der Waals surface area contributed by atoms with Crippen LogP contribution in [0.1, 0.15) is 41.9 Å². The number of benzene rings is 1. The molecule has 6 nitrogen and oxygen atoms in total. The monoisotopic (exact) mass is 427 g/mol. The van der Waals surface area contributed by atoms with Crippen molar-refractivity contribution in [1.29, 1.82) is 0 Å². The van der Waals surface area contributed by atoms with E-state index in [0.717, 1.165) is 12.1 Å². The van der Waals surface area contributed by atoms with Crippen molar-refractivity contribution >= 4 is 11.6 Å². The highest BCUT2D eigenvalue weighted by Gasteiger charge is 2.30. The molecule has 1 unspecified atom stereocenters. The van der Waals surface area contributed by atoms with Gasteiger partial charge >= 0.3 is 6.18 Å². The number of alkyl halides is 5. The summed E-state index contributed by atoms with van der Waals surface area (Å²) < 4.78 is 66.6. The summed E-state index contributed by atoms with van der Waals surface area (Å²) in [7, 11) is 0. The molecule has 0 spiro atoms. The highest BCUT2D eigenvalue weighted by molar-refractivity contribution is 5.93. The zero-order valence-electron chi connectivity index (χ0n) is 16.0. The van der Waals surface area contributed by atoms with E-state index in [9.17, 15) is 26.7 Å². The summed E-state index contributed by atoms with van der Waals surface area (Å²) in [5.41, 5.74) is -0.0508. The number of aryl methyl sites for hydroxylation is 1. The molecule has 0 bridgehead atoms. The lowest BCUT2D eigenvalue weighted by molar-refractivity contribution is -0.137. The van der Waals surface area contributed by atoms with Gasteiger partial charge in [0.1, 0.15) is 11.7 Å². The van der Waals surface area contributed by atoms with Crippen molar-refractivity contribution in [3.05, 3.63) is 65.2 Å². The van der Waals surface area contributed by atoms with Crippen molar-refractivity contribution in [2.24, 2.45) is 0 Å². The van der Waals surface area contributed by atoms with Crippen LogP contribution in [0.2, 0.25) is 0 Å². The standard InChI is InChI=1S/C19H18F5N5O/c1-11-6-16(17(20)21)27-29(11)12(2)18(30)26-15-8-25-28(10-15)9-13-4-3-5-14(7-13)19(22,23)24/h3-8,10,12,17H,9H2,1-2H3,(H,26,30). The van der Waals surface area contributed by atoms with E-state index in [0.29, 0.717) is 16.9 Å².